The number of benzene rings is 1. The molecule has 21 heavy (non-hydrogen) atoms. The third-order valence-corrected chi connectivity index (χ3v) is 3.36. The molecule has 0 bridgehead atoms. The number of hydrogen-bond donors (Lipinski definition) is 2. The van der Waals surface area contributed by atoms with Crippen LogP contribution in [0.5, 0.6) is 0 Å². The summed E-state index contributed by atoms with van der Waals surface area (Å²) in [6.07, 6.45) is 0. The molecule has 0 aliphatic heterocycles. The van der Waals surface area contributed by atoms with Crippen LogP contribution in [0, 0.1) is 18.6 Å². The van der Waals surface area contributed by atoms with Crippen molar-refractivity contribution in [3.63, 3.8) is 0 Å². The standard InChI is InChI=1S/C13H11F2N3O2S/c1-7-6-21-11(17-7)5-16-12(19)13(20)18-10-3-8(14)2-9(15)4-10/h2-4,6H,5H2,1H3,(H,16,19)(H,18,20). The van der Waals surface area contributed by atoms with Gasteiger partial charge in [0.05, 0.1) is 6.54 Å². The maximum absolute atomic E-state index is 13.0. The number of hydrogen-bond acceptors (Lipinski definition) is 4. The highest BCUT2D eigenvalue weighted by Crippen LogP contribution is 2.12. The van der Waals surface area contributed by atoms with E-state index in [2.05, 4.69) is 15.6 Å². The maximum atomic E-state index is 13.0. The van der Waals surface area contributed by atoms with Gasteiger partial charge < -0.3 is 10.6 Å². The average molecular weight is 311 g/mol. The van der Waals surface area contributed by atoms with E-state index in [-0.39, 0.29) is 12.2 Å². The van der Waals surface area contributed by atoms with Gasteiger partial charge in [-0.25, -0.2) is 13.8 Å². The molecule has 5 nitrogen and oxygen atoms in total. The van der Waals surface area contributed by atoms with Gasteiger partial charge in [-0.2, -0.15) is 0 Å². The summed E-state index contributed by atoms with van der Waals surface area (Å²) in [6, 6.07) is 2.50. The van der Waals surface area contributed by atoms with Crippen molar-refractivity contribution in [3.8, 4) is 0 Å². The van der Waals surface area contributed by atoms with Crippen molar-refractivity contribution in [1.82, 2.24) is 10.3 Å². The molecule has 0 aliphatic carbocycles. The number of rotatable bonds is 3. The van der Waals surface area contributed by atoms with Crippen LogP contribution in [0.1, 0.15) is 10.7 Å². The van der Waals surface area contributed by atoms with E-state index in [0.717, 1.165) is 17.8 Å². The molecule has 0 saturated carbocycles. The fourth-order valence-corrected chi connectivity index (χ4v) is 2.25. The Morgan fingerprint density at radius 2 is 1.86 bits per heavy atom. The summed E-state index contributed by atoms with van der Waals surface area (Å²) in [5, 5.41) is 6.96. The molecule has 2 amide bonds. The molecule has 0 fully saturated rings. The molecule has 1 heterocycles. The van der Waals surface area contributed by atoms with Crippen LogP contribution in [0.3, 0.4) is 0 Å². The number of thiazole rings is 1. The highest BCUT2D eigenvalue weighted by atomic mass is 32.1. The molecule has 2 rings (SSSR count). The van der Waals surface area contributed by atoms with Gasteiger partial charge in [-0.05, 0) is 19.1 Å². The zero-order valence-corrected chi connectivity index (χ0v) is 11.8. The number of halogens is 2. The van der Waals surface area contributed by atoms with Crippen molar-refractivity contribution in [3.05, 3.63) is 45.9 Å². The number of amides is 2. The summed E-state index contributed by atoms with van der Waals surface area (Å²) in [4.78, 5) is 27.3. The fraction of sp³-hybridized carbons (Fsp3) is 0.154. The summed E-state index contributed by atoms with van der Waals surface area (Å²) < 4.78 is 25.9. The van der Waals surface area contributed by atoms with E-state index >= 15 is 0 Å². The largest absolute Gasteiger partial charge is 0.341 e. The molecule has 2 aromatic rings. The van der Waals surface area contributed by atoms with E-state index < -0.39 is 23.4 Å². The minimum absolute atomic E-state index is 0.113. The van der Waals surface area contributed by atoms with Crippen molar-refractivity contribution in [2.24, 2.45) is 0 Å². The lowest BCUT2D eigenvalue weighted by molar-refractivity contribution is -0.136. The second kappa shape index (κ2) is 6.40. The molecule has 8 heteroatoms. The first-order valence-corrected chi connectivity index (χ1v) is 6.78. The van der Waals surface area contributed by atoms with Crippen LogP contribution >= 0.6 is 11.3 Å². The van der Waals surface area contributed by atoms with Crippen LogP contribution in [-0.4, -0.2) is 16.8 Å². The van der Waals surface area contributed by atoms with Gasteiger partial charge in [0.15, 0.2) is 0 Å². The lowest BCUT2D eigenvalue weighted by Crippen LogP contribution is -2.35. The molecular weight excluding hydrogens is 300 g/mol. The van der Waals surface area contributed by atoms with Crippen molar-refractivity contribution in [1.29, 1.82) is 0 Å². The Bertz CT molecular complexity index is 668. The highest BCUT2D eigenvalue weighted by Gasteiger charge is 2.14. The first-order valence-electron chi connectivity index (χ1n) is 5.90. The van der Waals surface area contributed by atoms with Gasteiger partial charge >= 0.3 is 11.8 Å². The number of aryl methyl sites for hydroxylation is 1. The summed E-state index contributed by atoms with van der Waals surface area (Å²) in [5.74, 6) is -3.60. The Morgan fingerprint density at radius 3 is 2.43 bits per heavy atom. The quantitative estimate of drug-likeness (QED) is 0.852. The van der Waals surface area contributed by atoms with Crippen LogP contribution in [0.15, 0.2) is 23.6 Å². The molecule has 2 N–H and O–H groups in total. The van der Waals surface area contributed by atoms with Gasteiger partial charge in [0.1, 0.15) is 16.6 Å². The monoisotopic (exact) mass is 311 g/mol. The predicted octanol–water partition coefficient (Wildman–Crippen LogP) is 1.98. The van der Waals surface area contributed by atoms with Crippen molar-refractivity contribution in [2.75, 3.05) is 5.32 Å². The van der Waals surface area contributed by atoms with Crippen molar-refractivity contribution in [2.45, 2.75) is 13.5 Å². The number of anilines is 1. The minimum Gasteiger partial charge on any atom is -0.341 e. The third kappa shape index (κ3) is 4.32. The Hall–Kier alpha value is -2.35. The molecular formula is C13H11F2N3O2S. The summed E-state index contributed by atoms with van der Waals surface area (Å²) in [6.45, 7) is 1.93. The number of nitrogens with zero attached hydrogens (tertiary/aromatic N) is 1. The number of carbonyl (C=O) groups excluding carboxylic acids is 2. The van der Waals surface area contributed by atoms with Gasteiger partial charge in [0, 0.05) is 22.8 Å². The number of aromatic nitrogens is 1. The Kier molecular flexibility index (Phi) is 4.59. The minimum atomic E-state index is -1.01. The summed E-state index contributed by atoms with van der Waals surface area (Å²) >= 11 is 1.35. The zero-order valence-electron chi connectivity index (χ0n) is 10.9. The smallest absolute Gasteiger partial charge is 0.313 e. The zero-order chi connectivity index (χ0) is 15.4. The second-order valence-corrected chi connectivity index (χ2v) is 5.12. The lowest BCUT2D eigenvalue weighted by Gasteiger charge is -2.05. The molecule has 0 aliphatic rings. The van der Waals surface area contributed by atoms with Crippen LogP contribution in [0.4, 0.5) is 14.5 Å². The van der Waals surface area contributed by atoms with Crippen molar-refractivity contribution < 1.29 is 18.4 Å². The van der Waals surface area contributed by atoms with Crippen LogP contribution in [0.2, 0.25) is 0 Å². The molecule has 0 unspecified atom stereocenters. The average Bonchev–Trinajstić information content (AvgIpc) is 2.80. The number of nitrogens with one attached hydrogen (secondary N) is 2. The normalized spacial score (nSPS) is 10.2. The molecule has 1 aromatic carbocycles. The Balaban J connectivity index is 1.91. The van der Waals surface area contributed by atoms with Crippen LogP contribution in [0.25, 0.3) is 0 Å². The maximum Gasteiger partial charge on any atom is 0.313 e. The first kappa shape index (κ1) is 15.0. The van der Waals surface area contributed by atoms with E-state index in [0.29, 0.717) is 11.1 Å². The Labute approximate surface area is 123 Å². The Morgan fingerprint density at radius 1 is 1.19 bits per heavy atom. The van der Waals surface area contributed by atoms with Gasteiger partial charge in [-0.3, -0.25) is 9.59 Å². The van der Waals surface area contributed by atoms with E-state index in [1.54, 1.807) is 0 Å². The van der Waals surface area contributed by atoms with E-state index in [4.69, 9.17) is 0 Å². The first-order chi connectivity index (χ1) is 9.94. The van der Waals surface area contributed by atoms with Gasteiger partial charge in [0.2, 0.25) is 0 Å². The SMILES string of the molecule is Cc1csc(CNC(=O)C(=O)Nc2cc(F)cc(F)c2)n1. The predicted molar refractivity (Wildman–Crippen MR) is 73.7 cm³/mol. The molecule has 0 saturated heterocycles. The van der Waals surface area contributed by atoms with Crippen LogP contribution < -0.4 is 10.6 Å². The van der Waals surface area contributed by atoms with Crippen LogP contribution in [-0.2, 0) is 16.1 Å². The summed E-state index contributed by atoms with van der Waals surface area (Å²) in [5.41, 5.74) is 0.696. The van der Waals surface area contributed by atoms with Crippen molar-refractivity contribution >= 4 is 28.8 Å². The van der Waals surface area contributed by atoms with Gasteiger partial charge in [-0.15, -0.1) is 11.3 Å². The van der Waals surface area contributed by atoms with Gasteiger partial charge in [0.25, 0.3) is 0 Å². The highest BCUT2D eigenvalue weighted by molar-refractivity contribution is 7.09. The molecule has 110 valence electrons. The molecule has 0 radical (unpaired) electrons. The third-order valence-electron chi connectivity index (χ3n) is 2.39. The molecule has 0 spiro atoms. The fourth-order valence-electron chi connectivity index (χ4n) is 1.53. The van der Waals surface area contributed by atoms with E-state index in [1.165, 1.54) is 11.3 Å². The van der Waals surface area contributed by atoms with E-state index in [1.807, 2.05) is 12.3 Å². The topological polar surface area (TPSA) is 71.1 Å². The van der Waals surface area contributed by atoms with Gasteiger partial charge in [-0.1, -0.05) is 0 Å². The number of carbonyl (C=O) groups is 2. The molecule has 0 atom stereocenters. The van der Waals surface area contributed by atoms with E-state index in [9.17, 15) is 18.4 Å². The molecule has 1 aromatic heterocycles. The second-order valence-electron chi connectivity index (χ2n) is 4.18. The summed E-state index contributed by atoms with van der Waals surface area (Å²) in [7, 11) is 0. The lowest BCUT2D eigenvalue weighted by atomic mass is 10.3.